The van der Waals surface area contributed by atoms with E-state index in [0.29, 0.717) is 22.4 Å². The van der Waals surface area contributed by atoms with Crippen molar-refractivity contribution in [2.75, 3.05) is 0 Å². The van der Waals surface area contributed by atoms with Crippen LogP contribution in [-0.2, 0) is 11.2 Å². The first-order valence-corrected chi connectivity index (χ1v) is 8.47. The normalized spacial score (nSPS) is 12.0. The molecular formula is C20H19ClN2O2. The number of hydrogen-bond donors (Lipinski definition) is 1. The molecule has 0 fully saturated rings. The van der Waals surface area contributed by atoms with Crippen molar-refractivity contribution in [2.45, 2.75) is 26.3 Å². The van der Waals surface area contributed by atoms with Gasteiger partial charge in [0.15, 0.2) is 0 Å². The van der Waals surface area contributed by atoms with Crippen LogP contribution >= 0.6 is 11.6 Å². The number of hydrogen-bond acceptors (Lipinski definition) is 3. The van der Waals surface area contributed by atoms with E-state index in [4.69, 9.17) is 16.0 Å². The molecule has 4 nitrogen and oxygen atoms in total. The van der Waals surface area contributed by atoms with Gasteiger partial charge in [-0.05, 0) is 43.7 Å². The predicted octanol–water partition coefficient (Wildman–Crippen LogP) is 4.72. The van der Waals surface area contributed by atoms with Crippen LogP contribution in [-0.4, -0.2) is 10.9 Å². The predicted molar refractivity (Wildman–Crippen MR) is 98.4 cm³/mol. The van der Waals surface area contributed by atoms with Gasteiger partial charge in [-0.2, -0.15) is 0 Å². The lowest BCUT2D eigenvalue weighted by molar-refractivity contribution is -0.121. The number of nitrogens with zero attached hydrogens (tertiary/aromatic N) is 1. The zero-order chi connectivity index (χ0) is 17.8. The van der Waals surface area contributed by atoms with Crippen molar-refractivity contribution >= 4 is 17.5 Å². The molecule has 5 heteroatoms. The van der Waals surface area contributed by atoms with E-state index in [9.17, 15) is 4.79 Å². The van der Waals surface area contributed by atoms with E-state index in [0.717, 1.165) is 11.1 Å². The number of oxazole rings is 1. The van der Waals surface area contributed by atoms with E-state index in [1.54, 1.807) is 0 Å². The van der Waals surface area contributed by atoms with E-state index >= 15 is 0 Å². The van der Waals surface area contributed by atoms with Crippen LogP contribution < -0.4 is 5.32 Å². The Kier molecular flexibility index (Phi) is 5.19. The van der Waals surface area contributed by atoms with E-state index in [-0.39, 0.29) is 18.4 Å². The summed E-state index contributed by atoms with van der Waals surface area (Å²) in [5.41, 5.74) is 2.50. The Balaban J connectivity index is 1.68. The summed E-state index contributed by atoms with van der Waals surface area (Å²) >= 11 is 6.00. The zero-order valence-corrected chi connectivity index (χ0v) is 14.9. The maximum absolute atomic E-state index is 12.4. The summed E-state index contributed by atoms with van der Waals surface area (Å²) < 4.78 is 5.70. The summed E-state index contributed by atoms with van der Waals surface area (Å²) in [5.74, 6) is 1.08. The molecule has 0 spiro atoms. The topological polar surface area (TPSA) is 55.1 Å². The van der Waals surface area contributed by atoms with Crippen LogP contribution in [0.3, 0.4) is 0 Å². The van der Waals surface area contributed by atoms with Gasteiger partial charge < -0.3 is 9.73 Å². The highest BCUT2D eigenvalue weighted by atomic mass is 35.5. The van der Waals surface area contributed by atoms with Crippen LogP contribution in [0.25, 0.3) is 11.5 Å². The Morgan fingerprint density at radius 1 is 1.20 bits per heavy atom. The lowest BCUT2D eigenvalue weighted by Gasteiger charge is -2.14. The number of amides is 1. The summed E-state index contributed by atoms with van der Waals surface area (Å²) in [6.45, 7) is 3.75. The third-order valence-electron chi connectivity index (χ3n) is 3.97. The fourth-order valence-electron chi connectivity index (χ4n) is 2.60. The maximum atomic E-state index is 12.4. The maximum Gasteiger partial charge on any atom is 0.226 e. The number of carbonyl (C=O) groups excluding carboxylic acids is 1. The zero-order valence-electron chi connectivity index (χ0n) is 14.1. The molecule has 128 valence electrons. The van der Waals surface area contributed by atoms with Gasteiger partial charge in [0, 0.05) is 10.6 Å². The van der Waals surface area contributed by atoms with Crippen molar-refractivity contribution in [1.82, 2.24) is 10.3 Å². The lowest BCUT2D eigenvalue weighted by Crippen LogP contribution is -2.28. The fraction of sp³-hybridized carbons (Fsp3) is 0.200. The molecule has 1 N–H and O–H groups in total. The van der Waals surface area contributed by atoms with Crippen molar-refractivity contribution < 1.29 is 9.21 Å². The second-order valence-corrected chi connectivity index (χ2v) is 6.35. The number of carbonyl (C=O) groups is 1. The number of aryl methyl sites for hydroxylation is 1. The molecule has 0 radical (unpaired) electrons. The Hall–Kier alpha value is -2.59. The molecule has 0 aliphatic carbocycles. The molecule has 1 heterocycles. The van der Waals surface area contributed by atoms with Gasteiger partial charge in [-0.1, -0.05) is 41.9 Å². The largest absolute Gasteiger partial charge is 0.441 e. The summed E-state index contributed by atoms with van der Waals surface area (Å²) in [6, 6.07) is 17.0. The molecule has 1 unspecified atom stereocenters. The first-order chi connectivity index (χ1) is 12.0. The molecule has 1 aromatic heterocycles. The minimum Gasteiger partial charge on any atom is -0.441 e. The molecule has 3 rings (SSSR count). The van der Waals surface area contributed by atoms with Crippen LogP contribution in [0.1, 0.15) is 30.0 Å². The number of halogens is 1. The van der Waals surface area contributed by atoms with Gasteiger partial charge in [0.2, 0.25) is 11.8 Å². The number of rotatable bonds is 5. The number of nitrogens with one attached hydrogen (secondary N) is 1. The highest BCUT2D eigenvalue weighted by Gasteiger charge is 2.16. The molecular weight excluding hydrogens is 336 g/mol. The average molecular weight is 355 g/mol. The summed E-state index contributed by atoms with van der Waals surface area (Å²) in [7, 11) is 0. The average Bonchev–Trinajstić information content (AvgIpc) is 2.96. The number of benzene rings is 2. The Morgan fingerprint density at radius 2 is 1.96 bits per heavy atom. The van der Waals surface area contributed by atoms with Crippen LogP contribution in [0.15, 0.2) is 59.0 Å². The third-order valence-corrected chi connectivity index (χ3v) is 4.20. The molecule has 3 aromatic rings. The van der Waals surface area contributed by atoms with Crippen LogP contribution in [0.2, 0.25) is 5.02 Å². The first-order valence-electron chi connectivity index (χ1n) is 8.09. The molecule has 0 aliphatic rings. The Labute approximate surface area is 151 Å². The first kappa shape index (κ1) is 17.2. The Bertz CT molecular complexity index is 874. The minimum absolute atomic E-state index is 0.108. The SMILES string of the molecule is Cc1oc(-c2ccccc2)nc1CC(=O)NC(C)c1cccc(Cl)c1. The standard InChI is InChI=1S/C20H19ClN2O2/c1-13(16-9-6-10-17(21)11-16)22-19(24)12-18-14(2)25-20(23-18)15-7-4-3-5-8-15/h3-11,13H,12H2,1-2H3,(H,22,24). The van der Waals surface area contributed by atoms with Crippen LogP contribution in [0, 0.1) is 6.92 Å². The summed E-state index contributed by atoms with van der Waals surface area (Å²) in [5, 5.41) is 3.62. The molecule has 1 atom stereocenters. The summed E-state index contributed by atoms with van der Waals surface area (Å²) in [4.78, 5) is 16.8. The quantitative estimate of drug-likeness (QED) is 0.721. The second kappa shape index (κ2) is 7.53. The summed E-state index contributed by atoms with van der Waals surface area (Å²) in [6.07, 6.45) is 0.174. The molecule has 0 saturated carbocycles. The highest BCUT2D eigenvalue weighted by Crippen LogP contribution is 2.22. The highest BCUT2D eigenvalue weighted by molar-refractivity contribution is 6.30. The number of aromatic nitrogens is 1. The van der Waals surface area contributed by atoms with Gasteiger partial charge in [-0.3, -0.25) is 4.79 Å². The van der Waals surface area contributed by atoms with Crippen molar-refractivity contribution in [3.8, 4) is 11.5 Å². The van der Waals surface area contributed by atoms with Gasteiger partial charge >= 0.3 is 0 Å². The third kappa shape index (κ3) is 4.28. The van der Waals surface area contributed by atoms with E-state index in [1.165, 1.54) is 0 Å². The molecule has 25 heavy (non-hydrogen) atoms. The van der Waals surface area contributed by atoms with Gasteiger partial charge in [0.25, 0.3) is 0 Å². The molecule has 2 aromatic carbocycles. The fourth-order valence-corrected chi connectivity index (χ4v) is 2.80. The lowest BCUT2D eigenvalue weighted by atomic mass is 10.1. The van der Waals surface area contributed by atoms with E-state index < -0.39 is 0 Å². The smallest absolute Gasteiger partial charge is 0.226 e. The van der Waals surface area contributed by atoms with Gasteiger partial charge in [-0.15, -0.1) is 0 Å². The minimum atomic E-state index is -0.132. The van der Waals surface area contributed by atoms with Crippen molar-refractivity contribution in [2.24, 2.45) is 0 Å². The van der Waals surface area contributed by atoms with Crippen LogP contribution in [0.4, 0.5) is 0 Å². The van der Waals surface area contributed by atoms with Crippen molar-refractivity contribution in [1.29, 1.82) is 0 Å². The Morgan fingerprint density at radius 3 is 2.68 bits per heavy atom. The van der Waals surface area contributed by atoms with Gasteiger partial charge in [0.05, 0.1) is 18.2 Å². The molecule has 0 bridgehead atoms. The molecule has 0 saturated heterocycles. The van der Waals surface area contributed by atoms with Crippen LogP contribution in [0.5, 0.6) is 0 Å². The van der Waals surface area contributed by atoms with Gasteiger partial charge in [-0.25, -0.2) is 4.98 Å². The van der Waals surface area contributed by atoms with Crippen molar-refractivity contribution in [3.63, 3.8) is 0 Å². The van der Waals surface area contributed by atoms with Crippen molar-refractivity contribution in [3.05, 3.63) is 76.6 Å². The van der Waals surface area contributed by atoms with E-state index in [1.807, 2.05) is 68.4 Å². The second-order valence-electron chi connectivity index (χ2n) is 5.91. The van der Waals surface area contributed by atoms with E-state index in [2.05, 4.69) is 10.3 Å². The van der Waals surface area contributed by atoms with Gasteiger partial charge in [0.1, 0.15) is 5.76 Å². The monoisotopic (exact) mass is 354 g/mol. The molecule has 1 amide bonds. The molecule has 0 aliphatic heterocycles.